The predicted molar refractivity (Wildman–Crippen MR) is 98.0 cm³/mol. The predicted octanol–water partition coefficient (Wildman–Crippen LogP) is 1.81. The molecular weight excluding hydrogens is 314 g/mol. The van der Waals surface area contributed by atoms with E-state index in [1.165, 1.54) is 11.1 Å². The Morgan fingerprint density at radius 2 is 1.92 bits per heavy atom. The lowest BCUT2D eigenvalue weighted by Crippen LogP contribution is -2.51. The third kappa shape index (κ3) is 4.21. The summed E-state index contributed by atoms with van der Waals surface area (Å²) in [6.45, 7) is 8.19. The molecule has 1 aromatic rings. The smallest absolute Gasteiger partial charge is 0.243 e. The summed E-state index contributed by atoms with van der Waals surface area (Å²) in [5.41, 5.74) is 2.83. The van der Waals surface area contributed by atoms with Crippen LogP contribution in [0.3, 0.4) is 0 Å². The van der Waals surface area contributed by atoms with Crippen LogP contribution in [0, 0.1) is 5.92 Å². The second-order valence-electron chi connectivity index (χ2n) is 7.47. The maximum Gasteiger partial charge on any atom is 0.243 e. The first-order valence-corrected chi connectivity index (χ1v) is 9.42. The zero-order chi connectivity index (χ0) is 17.8. The maximum atomic E-state index is 12.6. The molecule has 0 spiro atoms. The van der Waals surface area contributed by atoms with Crippen LogP contribution in [-0.4, -0.2) is 53.8 Å². The van der Waals surface area contributed by atoms with Crippen LogP contribution in [0.5, 0.6) is 0 Å². The highest BCUT2D eigenvalue weighted by Gasteiger charge is 2.34. The minimum absolute atomic E-state index is 0.0114. The minimum Gasteiger partial charge on any atom is -0.353 e. The molecule has 25 heavy (non-hydrogen) atoms. The van der Waals surface area contributed by atoms with Crippen molar-refractivity contribution in [2.75, 3.05) is 26.2 Å². The molecule has 2 amide bonds. The van der Waals surface area contributed by atoms with Crippen molar-refractivity contribution in [2.24, 2.45) is 5.92 Å². The molecule has 0 unspecified atom stereocenters. The largest absolute Gasteiger partial charge is 0.353 e. The molecule has 5 nitrogen and oxygen atoms in total. The number of fused-ring (bicyclic) bond motifs is 1. The van der Waals surface area contributed by atoms with E-state index in [1.807, 2.05) is 13.8 Å². The summed E-state index contributed by atoms with van der Waals surface area (Å²) in [6.07, 6.45) is 2.51. The van der Waals surface area contributed by atoms with Gasteiger partial charge in [0.15, 0.2) is 0 Å². The summed E-state index contributed by atoms with van der Waals surface area (Å²) >= 11 is 0. The van der Waals surface area contributed by atoms with Gasteiger partial charge in [0.1, 0.15) is 6.04 Å². The van der Waals surface area contributed by atoms with Crippen LogP contribution < -0.4 is 5.32 Å². The minimum atomic E-state index is -0.336. The van der Waals surface area contributed by atoms with Crippen LogP contribution in [0.1, 0.15) is 37.8 Å². The molecule has 1 saturated heterocycles. The lowest BCUT2D eigenvalue weighted by Gasteiger charge is -2.31. The summed E-state index contributed by atoms with van der Waals surface area (Å²) < 4.78 is 0. The Hall–Kier alpha value is -1.88. The lowest BCUT2D eigenvalue weighted by atomic mass is 10.00. The lowest BCUT2D eigenvalue weighted by molar-refractivity contribution is -0.139. The Balaban J connectivity index is 1.49. The fourth-order valence-electron chi connectivity index (χ4n) is 3.95. The Bertz CT molecular complexity index is 629. The molecule has 5 heteroatoms. The van der Waals surface area contributed by atoms with Crippen LogP contribution in [-0.2, 0) is 22.6 Å². The quantitative estimate of drug-likeness (QED) is 0.857. The molecule has 2 aliphatic heterocycles. The van der Waals surface area contributed by atoms with Crippen molar-refractivity contribution in [3.8, 4) is 0 Å². The summed E-state index contributed by atoms with van der Waals surface area (Å²) in [5, 5.41) is 3.06. The van der Waals surface area contributed by atoms with Gasteiger partial charge in [-0.2, -0.15) is 0 Å². The van der Waals surface area contributed by atoms with Crippen molar-refractivity contribution in [3.05, 3.63) is 35.4 Å². The Kier molecular flexibility index (Phi) is 5.74. The molecule has 2 aliphatic rings. The standard InChI is InChI=1S/C20H29N3O2/c1-15(2)19(23-11-5-8-18(23)24)20(25)21-10-13-22-12-9-16-6-3-4-7-17(16)14-22/h3-4,6-7,15,19H,5,8-14H2,1-2H3,(H,21,25)/t19-/m1/s1. The molecule has 1 N–H and O–H groups in total. The second kappa shape index (κ2) is 8.00. The zero-order valence-electron chi connectivity index (χ0n) is 15.3. The number of rotatable bonds is 6. The van der Waals surface area contributed by atoms with Gasteiger partial charge in [0, 0.05) is 39.1 Å². The molecule has 3 rings (SSSR count). The van der Waals surface area contributed by atoms with E-state index >= 15 is 0 Å². The molecule has 1 atom stereocenters. The molecule has 2 heterocycles. The highest BCUT2D eigenvalue weighted by molar-refractivity contribution is 5.88. The molecule has 0 bridgehead atoms. The first-order chi connectivity index (χ1) is 12.1. The normalized spacial score (nSPS) is 19.2. The van der Waals surface area contributed by atoms with Crippen molar-refractivity contribution >= 4 is 11.8 Å². The fraction of sp³-hybridized carbons (Fsp3) is 0.600. The third-order valence-electron chi connectivity index (χ3n) is 5.28. The van der Waals surface area contributed by atoms with E-state index in [-0.39, 0.29) is 23.8 Å². The van der Waals surface area contributed by atoms with E-state index in [0.717, 1.165) is 32.5 Å². The summed E-state index contributed by atoms with van der Waals surface area (Å²) in [5.74, 6) is 0.230. The van der Waals surface area contributed by atoms with Gasteiger partial charge in [-0.1, -0.05) is 38.1 Å². The molecular formula is C20H29N3O2. The zero-order valence-corrected chi connectivity index (χ0v) is 15.3. The summed E-state index contributed by atoms with van der Waals surface area (Å²) in [7, 11) is 0. The first kappa shape index (κ1) is 17.9. The third-order valence-corrected chi connectivity index (χ3v) is 5.28. The number of hydrogen-bond acceptors (Lipinski definition) is 3. The van der Waals surface area contributed by atoms with Gasteiger partial charge in [0.05, 0.1) is 0 Å². The average Bonchev–Trinajstić information content (AvgIpc) is 3.00. The van der Waals surface area contributed by atoms with Crippen molar-refractivity contribution < 1.29 is 9.59 Å². The maximum absolute atomic E-state index is 12.6. The van der Waals surface area contributed by atoms with E-state index in [0.29, 0.717) is 19.5 Å². The number of hydrogen-bond donors (Lipinski definition) is 1. The summed E-state index contributed by atoms with van der Waals surface area (Å²) in [4.78, 5) is 28.8. The Morgan fingerprint density at radius 3 is 2.60 bits per heavy atom. The van der Waals surface area contributed by atoms with E-state index in [9.17, 15) is 9.59 Å². The van der Waals surface area contributed by atoms with Crippen LogP contribution in [0.4, 0.5) is 0 Å². The number of likely N-dealkylation sites (tertiary alicyclic amines) is 1. The van der Waals surface area contributed by atoms with Gasteiger partial charge in [-0.05, 0) is 29.9 Å². The van der Waals surface area contributed by atoms with Crippen molar-refractivity contribution in [1.82, 2.24) is 15.1 Å². The molecule has 1 fully saturated rings. The van der Waals surface area contributed by atoms with Crippen molar-refractivity contribution in [3.63, 3.8) is 0 Å². The van der Waals surface area contributed by atoms with Gasteiger partial charge in [-0.3, -0.25) is 14.5 Å². The van der Waals surface area contributed by atoms with Crippen LogP contribution in [0.15, 0.2) is 24.3 Å². The van der Waals surface area contributed by atoms with Gasteiger partial charge >= 0.3 is 0 Å². The molecule has 0 aliphatic carbocycles. The average molecular weight is 343 g/mol. The van der Waals surface area contributed by atoms with E-state index in [1.54, 1.807) is 4.90 Å². The van der Waals surface area contributed by atoms with Crippen LogP contribution >= 0.6 is 0 Å². The van der Waals surface area contributed by atoms with Gasteiger partial charge < -0.3 is 10.2 Å². The van der Waals surface area contributed by atoms with Gasteiger partial charge in [-0.25, -0.2) is 0 Å². The van der Waals surface area contributed by atoms with E-state index in [4.69, 9.17) is 0 Å². The Morgan fingerprint density at radius 1 is 1.16 bits per heavy atom. The number of amides is 2. The van der Waals surface area contributed by atoms with Crippen molar-refractivity contribution in [2.45, 2.75) is 45.7 Å². The van der Waals surface area contributed by atoms with Crippen LogP contribution in [0.25, 0.3) is 0 Å². The SMILES string of the molecule is CC(C)[C@H](C(=O)NCCN1CCc2ccccc2C1)N1CCCC1=O. The van der Waals surface area contributed by atoms with Gasteiger partial charge in [0.25, 0.3) is 0 Å². The Labute approximate surface area is 150 Å². The number of carbonyl (C=O) groups is 2. The number of benzene rings is 1. The second-order valence-corrected chi connectivity index (χ2v) is 7.47. The highest BCUT2D eigenvalue weighted by Crippen LogP contribution is 2.20. The number of nitrogens with zero attached hydrogens (tertiary/aromatic N) is 2. The number of nitrogens with one attached hydrogen (secondary N) is 1. The van der Waals surface area contributed by atoms with Crippen LogP contribution in [0.2, 0.25) is 0 Å². The van der Waals surface area contributed by atoms with E-state index in [2.05, 4.69) is 34.5 Å². The molecule has 0 radical (unpaired) electrons. The molecule has 136 valence electrons. The summed E-state index contributed by atoms with van der Waals surface area (Å²) in [6, 6.07) is 8.24. The highest BCUT2D eigenvalue weighted by atomic mass is 16.2. The number of carbonyl (C=O) groups excluding carboxylic acids is 2. The fourth-order valence-corrected chi connectivity index (χ4v) is 3.95. The molecule has 0 aromatic heterocycles. The van der Waals surface area contributed by atoms with Crippen molar-refractivity contribution in [1.29, 1.82) is 0 Å². The van der Waals surface area contributed by atoms with Gasteiger partial charge in [0.2, 0.25) is 11.8 Å². The topological polar surface area (TPSA) is 52.7 Å². The molecule has 1 aromatic carbocycles. The molecule has 0 saturated carbocycles. The van der Waals surface area contributed by atoms with Gasteiger partial charge in [-0.15, -0.1) is 0 Å². The van der Waals surface area contributed by atoms with E-state index < -0.39 is 0 Å². The first-order valence-electron chi connectivity index (χ1n) is 9.42. The monoisotopic (exact) mass is 343 g/mol.